The van der Waals surface area contributed by atoms with E-state index in [4.69, 9.17) is 5.73 Å². The van der Waals surface area contributed by atoms with Crippen LogP contribution in [0, 0.1) is 23.7 Å². The largest absolute Gasteiger partial charge is 0.405 e. The Morgan fingerprint density at radius 3 is 2.31 bits per heavy atom. The molecule has 3 saturated carbocycles. The van der Waals surface area contributed by atoms with E-state index in [0.29, 0.717) is 5.82 Å². The molecule has 184 valence electrons. The van der Waals surface area contributed by atoms with Crippen molar-refractivity contribution in [1.29, 1.82) is 0 Å². The SMILES string of the molecule is CN=C(C=CN)C(=O)NC(C(=O)Nc1ccc(-c2c(C)cnn2C)cn1)C1C2(CC2)CCC12CC2. The molecule has 0 aromatic carbocycles. The molecule has 3 aliphatic carbocycles. The molecule has 4 N–H and O–H groups in total. The van der Waals surface area contributed by atoms with Crippen molar-refractivity contribution in [1.82, 2.24) is 20.1 Å². The number of aliphatic imine (C=N–C) groups is 1. The summed E-state index contributed by atoms with van der Waals surface area (Å²) in [5.74, 6) is -0.0400. The van der Waals surface area contributed by atoms with E-state index in [1.54, 1.807) is 19.3 Å². The summed E-state index contributed by atoms with van der Waals surface area (Å²) in [7, 11) is 3.43. The van der Waals surface area contributed by atoms with E-state index in [9.17, 15) is 9.59 Å². The average Bonchev–Trinajstić information content (AvgIpc) is 3.74. The van der Waals surface area contributed by atoms with Crippen LogP contribution in [-0.2, 0) is 16.6 Å². The zero-order chi connectivity index (χ0) is 24.8. The van der Waals surface area contributed by atoms with Gasteiger partial charge in [0.25, 0.3) is 5.91 Å². The number of nitrogens with two attached hydrogens (primary N) is 1. The van der Waals surface area contributed by atoms with Crippen LogP contribution in [0.1, 0.15) is 44.1 Å². The maximum atomic E-state index is 13.7. The van der Waals surface area contributed by atoms with Crippen LogP contribution in [0.15, 0.2) is 41.8 Å². The van der Waals surface area contributed by atoms with Crippen molar-refractivity contribution < 1.29 is 9.59 Å². The monoisotopic (exact) mass is 475 g/mol. The van der Waals surface area contributed by atoms with Gasteiger partial charge in [-0.3, -0.25) is 19.3 Å². The third kappa shape index (κ3) is 4.13. The molecule has 2 aromatic rings. The second-order valence-corrected chi connectivity index (χ2v) is 10.3. The standard InChI is InChI=1S/C26H33N7O2/c1-16-14-30-33(3)21(16)17-4-5-19(29-15-17)31-24(35)20(32-23(34)18(28-2)6-13-27)22-25(7-8-25)11-12-26(22)9-10-26/h4-6,13-15,20,22H,7-12,27H2,1-3H3,(H,32,34)(H,29,31,35). The highest BCUT2D eigenvalue weighted by atomic mass is 16.2. The Labute approximate surface area is 205 Å². The minimum Gasteiger partial charge on any atom is -0.405 e. The number of hydrogen-bond donors (Lipinski definition) is 3. The van der Waals surface area contributed by atoms with Gasteiger partial charge in [0.05, 0.1) is 11.9 Å². The number of aromatic nitrogens is 3. The highest BCUT2D eigenvalue weighted by Gasteiger charge is 2.69. The molecule has 9 heteroatoms. The van der Waals surface area contributed by atoms with Crippen LogP contribution < -0.4 is 16.4 Å². The highest BCUT2D eigenvalue weighted by Crippen LogP contribution is 2.75. The Bertz CT molecular complexity index is 1160. The summed E-state index contributed by atoms with van der Waals surface area (Å²) in [5.41, 5.74) is 8.98. The van der Waals surface area contributed by atoms with Crippen molar-refractivity contribution in [2.45, 2.75) is 51.5 Å². The average molecular weight is 476 g/mol. The molecule has 0 radical (unpaired) electrons. The first-order chi connectivity index (χ1) is 16.8. The zero-order valence-corrected chi connectivity index (χ0v) is 20.5. The Kier molecular flexibility index (Phi) is 5.73. The fraction of sp³-hybridized carbons (Fsp3) is 0.500. The fourth-order valence-corrected chi connectivity index (χ4v) is 6.24. The van der Waals surface area contributed by atoms with Crippen molar-refractivity contribution in [2.75, 3.05) is 12.4 Å². The molecule has 9 nitrogen and oxygen atoms in total. The molecule has 0 bridgehead atoms. The fourth-order valence-electron chi connectivity index (χ4n) is 6.24. The highest BCUT2D eigenvalue weighted by molar-refractivity contribution is 6.43. The van der Waals surface area contributed by atoms with E-state index in [-0.39, 0.29) is 34.3 Å². The molecular weight excluding hydrogens is 442 g/mol. The number of rotatable bonds is 7. The van der Waals surface area contributed by atoms with E-state index < -0.39 is 6.04 Å². The normalized spacial score (nSPS) is 20.9. The Balaban J connectivity index is 1.40. The first-order valence-electron chi connectivity index (χ1n) is 12.2. The summed E-state index contributed by atoms with van der Waals surface area (Å²) < 4.78 is 1.81. The first kappa shape index (κ1) is 23.3. The number of carbonyl (C=O) groups excluding carboxylic acids is 2. The summed E-state index contributed by atoms with van der Waals surface area (Å²) >= 11 is 0. The molecule has 3 fully saturated rings. The molecule has 2 aromatic heterocycles. The first-order valence-corrected chi connectivity index (χ1v) is 12.2. The summed E-state index contributed by atoms with van der Waals surface area (Å²) in [4.78, 5) is 35.3. The second-order valence-electron chi connectivity index (χ2n) is 10.3. The van der Waals surface area contributed by atoms with Crippen LogP contribution in [0.5, 0.6) is 0 Å². The number of aryl methyl sites for hydroxylation is 2. The number of pyridine rings is 1. The van der Waals surface area contributed by atoms with Gasteiger partial charge in [0.1, 0.15) is 17.6 Å². The van der Waals surface area contributed by atoms with Crippen LogP contribution in [-0.4, -0.2) is 45.4 Å². The van der Waals surface area contributed by atoms with Crippen LogP contribution in [0.4, 0.5) is 5.82 Å². The molecule has 35 heavy (non-hydrogen) atoms. The van der Waals surface area contributed by atoms with Crippen LogP contribution in [0.25, 0.3) is 11.3 Å². The number of hydrogen-bond acceptors (Lipinski definition) is 6. The molecule has 2 spiro atoms. The van der Waals surface area contributed by atoms with Gasteiger partial charge in [0.15, 0.2) is 0 Å². The molecule has 0 saturated heterocycles. The summed E-state index contributed by atoms with van der Waals surface area (Å²) in [6.07, 6.45) is 13.0. The Morgan fingerprint density at radius 1 is 1.17 bits per heavy atom. The second kappa shape index (κ2) is 8.62. The molecule has 1 atom stereocenters. The predicted molar refractivity (Wildman–Crippen MR) is 134 cm³/mol. The van der Waals surface area contributed by atoms with E-state index in [2.05, 4.69) is 25.7 Å². The van der Waals surface area contributed by atoms with E-state index in [1.807, 2.05) is 30.9 Å². The van der Waals surface area contributed by atoms with Crippen molar-refractivity contribution in [2.24, 2.45) is 34.5 Å². The van der Waals surface area contributed by atoms with Gasteiger partial charge in [-0.05, 0) is 92.2 Å². The van der Waals surface area contributed by atoms with Gasteiger partial charge in [-0.2, -0.15) is 5.10 Å². The Hall–Kier alpha value is -3.49. The minimum absolute atomic E-state index is 0.121. The van der Waals surface area contributed by atoms with Crippen LogP contribution in [0.3, 0.4) is 0 Å². The molecule has 5 rings (SSSR count). The van der Waals surface area contributed by atoms with E-state index in [1.165, 1.54) is 12.3 Å². The maximum absolute atomic E-state index is 13.7. The summed E-state index contributed by atoms with van der Waals surface area (Å²) in [5, 5.41) is 10.3. The van der Waals surface area contributed by atoms with E-state index >= 15 is 0 Å². The molecule has 1 unspecified atom stereocenters. The maximum Gasteiger partial charge on any atom is 0.270 e. The van der Waals surface area contributed by atoms with Crippen molar-refractivity contribution >= 4 is 23.3 Å². The number of amides is 2. The number of nitrogens with zero attached hydrogens (tertiary/aromatic N) is 4. The quantitative estimate of drug-likeness (QED) is 0.531. The summed E-state index contributed by atoms with van der Waals surface area (Å²) in [6, 6.07) is 3.07. The van der Waals surface area contributed by atoms with Gasteiger partial charge in [-0.1, -0.05) is 0 Å². The lowest BCUT2D eigenvalue weighted by atomic mass is 9.78. The smallest absolute Gasteiger partial charge is 0.270 e. The third-order valence-electron chi connectivity index (χ3n) is 8.26. The Morgan fingerprint density at radius 2 is 1.83 bits per heavy atom. The minimum atomic E-state index is -0.654. The summed E-state index contributed by atoms with van der Waals surface area (Å²) in [6.45, 7) is 2.00. The van der Waals surface area contributed by atoms with Crippen LogP contribution in [0.2, 0.25) is 0 Å². The lowest BCUT2D eigenvalue weighted by Crippen LogP contribution is -2.53. The number of nitrogens with one attached hydrogen (secondary N) is 2. The van der Waals surface area contributed by atoms with Gasteiger partial charge < -0.3 is 16.4 Å². The van der Waals surface area contributed by atoms with Gasteiger partial charge in [-0.25, -0.2) is 4.98 Å². The predicted octanol–water partition coefficient (Wildman–Crippen LogP) is 2.73. The molecular formula is C26H33N7O2. The lowest BCUT2D eigenvalue weighted by molar-refractivity contribution is -0.125. The van der Waals surface area contributed by atoms with E-state index in [0.717, 1.165) is 55.3 Å². The zero-order valence-electron chi connectivity index (χ0n) is 20.5. The van der Waals surface area contributed by atoms with Gasteiger partial charge in [-0.15, -0.1) is 0 Å². The third-order valence-corrected chi connectivity index (χ3v) is 8.26. The molecule has 0 aliphatic heterocycles. The van der Waals surface area contributed by atoms with Crippen molar-refractivity contribution in [3.8, 4) is 11.3 Å². The van der Waals surface area contributed by atoms with Gasteiger partial charge in [0, 0.05) is 25.9 Å². The molecule has 3 aliphatic rings. The van der Waals surface area contributed by atoms with Gasteiger partial charge >= 0.3 is 0 Å². The number of carbonyl (C=O) groups is 2. The molecule has 2 amide bonds. The number of anilines is 1. The van der Waals surface area contributed by atoms with Crippen molar-refractivity contribution in [3.05, 3.63) is 42.4 Å². The lowest BCUT2D eigenvalue weighted by Gasteiger charge is -2.33. The van der Waals surface area contributed by atoms with Gasteiger partial charge in [0.2, 0.25) is 5.91 Å². The van der Waals surface area contributed by atoms with Crippen molar-refractivity contribution in [3.63, 3.8) is 0 Å². The molecule has 2 heterocycles. The van der Waals surface area contributed by atoms with Crippen LogP contribution >= 0.6 is 0 Å². The topological polar surface area (TPSA) is 127 Å².